The first kappa shape index (κ1) is 16.3. The minimum Gasteiger partial charge on any atom is -0.486 e. The van der Waals surface area contributed by atoms with Crippen molar-refractivity contribution in [3.63, 3.8) is 0 Å². The Morgan fingerprint density at radius 3 is 2.96 bits per heavy atom. The Labute approximate surface area is 150 Å². The second-order valence-electron chi connectivity index (χ2n) is 6.31. The lowest BCUT2D eigenvalue weighted by atomic mass is 10.2. The maximum absolute atomic E-state index is 12.4. The van der Waals surface area contributed by atoms with E-state index in [1.54, 1.807) is 18.3 Å². The first-order valence-electron chi connectivity index (χ1n) is 8.35. The number of amides is 1. The molecule has 0 saturated heterocycles. The van der Waals surface area contributed by atoms with Crippen LogP contribution in [0.5, 0.6) is 11.5 Å². The Hall–Kier alpha value is -2.22. The van der Waals surface area contributed by atoms with Crippen LogP contribution in [0.15, 0.2) is 35.7 Å². The predicted octanol–water partition coefficient (Wildman–Crippen LogP) is 2.00. The number of nitrogens with zero attached hydrogens (tertiary/aromatic N) is 4. The molecule has 1 aliphatic carbocycles. The number of thioether (sulfide) groups is 1. The molecule has 2 heterocycles. The topological polar surface area (TPSA) is 69.5 Å². The van der Waals surface area contributed by atoms with Gasteiger partial charge in [0.25, 0.3) is 0 Å². The molecule has 1 aromatic heterocycles. The fraction of sp³-hybridized carbons (Fsp3) is 0.471. The van der Waals surface area contributed by atoms with E-state index in [-0.39, 0.29) is 12.0 Å². The Kier molecular flexibility index (Phi) is 4.52. The zero-order valence-corrected chi connectivity index (χ0v) is 14.8. The van der Waals surface area contributed by atoms with Crippen LogP contribution >= 0.6 is 11.8 Å². The van der Waals surface area contributed by atoms with Crippen LogP contribution < -0.4 is 9.47 Å². The van der Waals surface area contributed by atoms with E-state index in [1.165, 1.54) is 24.6 Å². The van der Waals surface area contributed by atoms with Gasteiger partial charge in [-0.1, -0.05) is 23.9 Å². The average Bonchev–Trinajstić information content (AvgIpc) is 3.37. The van der Waals surface area contributed by atoms with Crippen molar-refractivity contribution in [2.45, 2.75) is 30.1 Å². The SMILES string of the molecule is CN(C[C@H]1COc2ccccc2O1)C(=O)CSc1nncn1C1CC1. The van der Waals surface area contributed by atoms with Crippen molar-refractivity contribution in [1.82, 2.24) is 19.7 Å². The maximum Gasteiger partial charge on any atom is 0.232 e. The van der Waals surface area contributed by atoms with E-state index in [4.69, 9.17) is 9.47 Å². The third-order valence-electron chi connectivity index (χ3n) is 4.28. The molecule has 1 fully saturated rings. The monoisotopic (exact) mass is 360 g/mol. The molecule has 1 atom stereocenters. The zero-order valence-electron chi connectivity index (χ0n) is 14.0. The third kappa shape index (κ3) is 3.73. The summed E-state index contributed by atoms with van der Waals surface area (Å²) >= 11 is 1.44. The van der Waals surface area contributed by atoms with Gasteiger partial charge < -0.3 is 18.9 Å². The van der Waals surface area contributed by atoms with Crippen molar-refractivity contribution in [2.75, 3.05) is 26.0 Å². The number of para-hydroxylation sites is 2. The number of hydrogen-bond donors (Lipinski definition) is 0. The number of rotatable bonds is 6. The molecule has 25 heavy (non-hydrogen) atoms. The number of benzene rings is 1. The van der Waals surface area contributed by atoms with Gasteiger partial charge in [0.2, 0.25) is 5.91 Å². The summed E-state index contributed by atoms with van der Waals surface area (Å²) in [6.07, 6.45) is 3.92. The highest BCUT2D eigenvalue weighted by Gasteiger charge is 2.27. The molecule has 0 unspecified atom stereocenters. The quantitative estimate of drug-likeness (QED) is 0.734. The molecule has 0 bridgehead atoms. The van der Waals surface area contributed by atoms with Crippen LogP contribution in [0.1, 0.15) is 18.9 Å². The van der Waals surface area contributed by atoms with Gasteiger partial charge in [0, 0.05) is 13.1 Å². The molecular formula is C17H20N4O3S. The van der Waals surface area contributed by atoms with Crippen LogP contribution in [-0.4, -0.2) is 57.6 Å². The largest absolute Gasteiger partial charge is 0.486 e. The van der Waals surface area contributed by atoms with Crippen molar-refractivity contribution in [2.24, 2.45) is 0 Å². The number of hydrogen-bond acceptors (Lipinski definition) is 6. The van der Waals surface area contributed by atoms with Gasteiger partial charge >= 0.3 is 0 Å². The third-order valence-corrected chi connectivity index (χ3v) is 5.22. The Balaban J connectivity index is 1.28. The van der Waals surface area contributed by atoms with Gasteiger partial charge in [-0.25, -0.2) is 0 Å². The maximum atomic E-state index is 12.4. The highest BCUT2D eigenvalue weighted by Crippen LogP contribution is 2.37. The van der Waals surface area contributed by atoms with E-state index < -0.39 is 0 Å². The molecule has 2 aliphatic rings. The Bertz CT molecular complexity index is 762. The first-order valence-corrected chi connectivity index (χ1v) is 9.34. The van der Waals surface area contributed by atoms with Gasteiger partial charge in [-0.15, -0.1) is 10.2 Å². The highest BCUT2D eigenvalue weighted by atomic mass is 32.2. The van der Waals surface area contributed by atoms with Crippen LogP contribution in [0, 0.1) is 0 Å². The molecule has 1 amide bonds. The smallest absolute Gasteiger partial charge is 0.232 e. The molecular weight excluding hydrogens is 340 g/mol. The Morgan fingerprint density at radius 2 is 2.16 bits per heavy atom. The first-order chi connectivity index (χ1) is 12.2. The van der Waals surface area contributed by atoms with Crippen molar-refractivity contribution < 1.29 is 14.3 Å². The van der Waals surface area contributed by atoms with Gasteiger partial charge in [0.1, 0.15) is 12.9 Å². The van der Waals surface area contributed by atoms with Crippen LogP contribution in [0.25, 0.3) is 0 Å². The second kappa shape index (κ2) is 6.95. The number of ether oxygens (including phenoxy) is 2. The summed E-state index contributed by atoms with van der Waals surface area (Å²) in [6.45, 7) is 0.931. The second-order valence-corrected chi connectivity index (χ2v) is 7.25. The van der Waals surface area contributed by atoms with Gasteiger partial charge in [-0.3, -0.25) is 4.79 Å². The summed E-state index contributed by atoms with van der Waals surface area (Å²) in [5.41, 5.74) is 0. The van der Waals surface area contributed by atoms with E-state index >= 15 is 0 Å². The molecule has 2 aromatic rings. The fourth-order valence-corrected chi connectivity index (χ4v) is 3.66. The lowest BCUT2D eigenvalue weighted by Gasteiger charge is -2.29. The highest BCUT2D eigenvalue weighted by molar-refractivity contribution is 7.99. The number of carbonyl (C=O) groups excluding carboxylic acids is 1. The molecule has 0 radical (unpaired) electrons. The number of carbonyl (C=O) groups is 1. The van der Waals surface area contributed by atoms with Crippen molar-refractivity contribution in [3.8, 4) is 11.5 Å². The lowest BCUT2D eigenvalue weighted by Crippen LogP contribution is -2.42. The van der Waals surface area contributed by atoms with Gasteiger partial charge in [0.15, 0.2) is 22.8 Å². The van der Waals surface area contributed by atoms with Gasteiger partial charge in [0.05, 0.1) is 12.3 Å². The van der Waals surface area contributed by atoms with Gasteiger partial charge in [-0.05, 0) is 25.0 Å². The predicted molar refractivity (Wildman–Crippen MR) is 93.0 cm³/mol. The summed E-state index contributed by atoms with van der Waals surface area (Å²) < 4.78 is 13.7. The zero-order chi connectivity index (χ0) is 17.2. The van der Waals surface area contributed by atoms with Crippen LogP contribution in [0.2, 0.25) is 0 Å². The van der Waals surface area contributed by atoms with Gasteiger partial charge in [-0.2, -0.15) is 0 Å². The number of aromatic nitrogens is 3. The summed E-state index contributed by atoms with van der Waals surface area (Å²) in [5, 5.41) is 8.88. The molecule has 1 aromatic carbocycles. The lowest BCUT2D eigenvalue weighted by molar-refractivity contribution is -0.128. The molecule has 1 saturated carbocycles. The van der Waals surface area contributed by atoms with Crippen molar-refractivity contribution in [3.05, 3.63) is 30.6 Å². The van der Waals surface area contributed by atoms with Crippen molar-refractivity contribution in [1.29, 1.82) is 0 Å². The standard InChI is InChI=1S/C17H20N4O3S/c1-20(8-13-9-23-14-4-2-3-5-15(14)24-13)16(22)10-25-17-19-18-11-21(17)12-6-7-12/h2-5,11-13H,6-10H2,1H3/t13-/m0/s1. The molecule has 1 aliphatic heterocycles. The van der Waals surface area contributed by atoms with Crippen LogP contribution in [0.4, 0.5) is 0 Å². The van der Waals surface area contributed by atoms with E-state index in [0.717, 1.165) is 16.7 Å². The van der Waals surface area contributed by atoms with E-state index in [0.29, 0.717) is 24.9 Å². The molecule has 0 spiro atoms. The average molecular weight is 360 g/mol. The number of fused-ring (bicyclic) bond motifs is 1. The van der Waals surface area contributed by atoms with Crippen LogP contribution in [-0.2, 0) is 4.79 Å². The minimum absolute atomic E-state index is 0.0396. The van der Waals surface area contributed by atoms with E-state index in [2.05, 4.69) is 14.8 Å². The van der Waals surface area contributed by atoms with Crippen molar-refractivity contribution >= 4 is 17.7 Å². The Morgan fingerprint density at radius 1 is 1.36 bits per heavy atom. The molecule has 7 nitrogen and oxygen atoms in total. The molecule has 0 N–H and O–H groups in total. The summed E-state index contributed by atoms with van der Waals surface area (Å²) in [7, 11) is 1.79. The molecule has 8 heteroatoms. The van der Waals surface area contributed by atoms with E-state index in [9.17, 15) is 4.79 Å². The fourth-order valence-electron chi connectivity index (χ4n) is 2.74. The summed E-state index contributed by atoms with van der Waals surface area (Å²) in [5.74, 6) is 1.86. The van der Waals surface area contributed by atoms with Crippen LogP contribution in [0.3, 0.4) is 0 Å². The molecule has 4 rings (SSSR count). The normalized spacial score (nSPS) is 18.8. The molecule has 132 valence electrons. The number of likely N-dealkylation sites (N-methyl/N-ethyl adjacent to an activating group) is 1. The summed E-state index contributed by atoms with van der Waals surface area (Å²) in [4.78, 5) is 14.1. The summed E-state index contributed by atoms with van der Waals surface area (Å²) in [6, 6.07) is 8.09. The minimum atomic E-state index is -0.163. The van der Waals surface area contributed by atoms with E-state index in [1.807, 2.05) is 24.3 Å².